The van der Waals surface area contributed by atoms with Crippen LogP contribution in [0.25, 0.3) is 6.08 Å². The fourth-order valence-corrected chi connectivity index (χ4v) is 5.31. The fraction of sp³-hybridized carbons (Fsp3) is 0.320. The Bertz CT molecular complexity index is 1190. The van der Waals surface area contributed by atoms with Gasteiger partial charge in [-0.1, -0.05) is 6.07 Å². The molecule has 0 spiro atoms. The Morgan fingerprint density at radius 1 is 1.26 bits per heavy atom. The van der Waals surface area contributed by atoms with Gasteiger partial charge in [0.05, 0.1) is 42.0 Å². The van der Waals surface area contributed by atoms with Crippen LogP contribution < -0.4 is 9.47 Å². The van der Waals surface area contributed by atoms with E-state index in [0.717, 1.165) is 10.0 Å². The van der Waals surface area contributed by atoms with Crippen molar-refractivity contribution in [2.24, 2.45) is 4.99 Å². The monoisotopic (exact) mass is 559 g/mol. The van der Waals surface area contributed by atoms with E-state index in [1.54, 1.807) is 43.3 Å². The number of likely N-dealkylation sites (N-methyl/N-ethyl adjacent to an activating group) is 1. The van der Waals surface area contributed by atoms with Crippen LogP contribution in [0.3, 0.4) is 0 Å². The number of benzene rings is 2. The summed E-state index contributed by atoms with van der Waals surface area (Å²) in [6, 6.07) is 10.9. The Balaban J connectivity index is 1.58. The predicted octanol–water partition coefficient (Wildman–Crippen LogP) is 4.56. The van der Waals surface area contributed by atoms with Crippen molar-refractivity contribution in [1.29, 1.82) is 0 Å². The number of morpholine rings is 1. The summed E-state index contributed by atoms with van der Waals surface area (Å²) in [7, 11) is 3.27. The van der Waals surface area contributed by atoms with Crippen molar-refractivity contribution in [3.63, 3.8) is 0 Å². The van der Waals surface area contributed by atoms with E-state index in [4.69, 9.17) is 14.2 Å². The smallest absolute Gasteiger partial charge is 0.266 e. The standard InChI is InChI=1S/C25H26BrN3O5S/c1-4-34-20-13-16(12-19(26)22(20)32-3)14-21-24(31)28(2)25(35-21)27-18-7-5-6-17(15-18)23(30)29-8-10-33-11-9-29/h5-7,12-15H,4,8-11H2,1-3H3/b21-14+,27-25?. The summed E-state index contributed by atoms with van der Waals surface area (Å²) in [6.45, 7) is 4.63. The number of amides is 2. The van der Waals surface area contributed by atoms with Gasteiger partial charge >= 0.3 is 0 Å². The summed E-state index contributed by atoms with van der Waals surface area (Å²) in [5.41, 5.74) is 1.97. The number of thioether (sulfide) groups is 1. The first-order valence-corrected chi connectivity index (χ1v) is 12.8. The fourth-order valence-electron chi connectivity index (χ4n) is 3.70. The highest BCUT2D eigenvalue weighted by atomic mass is 79.9. The molecule has 2 aliphatic rings. The number of halogens is 1. The third-order valence-electron chi connectivity index (χ3n) is 5.45. The Morgan fingerprint density at radius 3 is 2.74 bits per heavy atom. The maximum absolute atomic E-state index is 12.9. The zero-order valence-electron chi connectivity index (χ0n) is 19.7. The number of nitrogens with zero attached hydrogens (tertiary/aromatic N) is 3. The molecule has 2 aliphatic heterocycles. The number of carbonyl (C=O) groups is 2. The van der Waals surface area contributed by atoms with E-state index in [0.29, 0.717) is 65.7 Å². The summed E-state index contributed by atoms with van der Waals surface area (Å²) in [5, 5.41) is 0.537. The Kier molecular flexibility index (Phi) is 8.15. The number of ether oxygens (including phenoxy) is 3. The molecule has 2 aromatic carbocycles. The Hall–Kier alpha value is -2.82. The molecule has 10 heteroatoms. The summed E-state index contributed by atoms with van der Waals surface area (Å²) in [5.74, 6) is 0.995. The first kappa shape index (κ1) is 25.3. The third kappa shape index (κ3) is 5.71. The maximum atomic E-state index is 12.9. The lowest BCUT2D eigenvalue weighted by atomic mass is 10.1. The van der Waals surface area contributed by atoms with Crippen LogP contribution in [0.15, 0.2) is 50.8 Å². The molecule has 35 heavy (non-hydrogen) atoms. The van der Waals surface area contributed by atoms with Crippen molar-refractivity contribution in [2.45, 2.75) is 6.92 Å². The van der Waals surface area contributed by atoms with Crippen LogP contribution in [-0.4, -0.2) is 73.8 Å². The van der Waals surface area contributed by atoms with Gasteiger partial charge in [-0.25, -0.2) is 4.99 Å². The molecule has 0 aromatic heterocycles. The minimum absolute atomic E-state index is 0.0466. The summed E-state index contributed by atoms with van der Waals surface area (Å²) >= 11 is 4.79. The van der Waals surface area contributed by atoms with Crippen molar-refractivity contribution in [3.8, 4) is 11.5 Å². The van der Waals surface area contributed by atoms with Crippen LogP contribution in [0.2, 0.25) is 0 Å². The van der Waals surface area contributed by atoms with Gasteiger partial charge in [-0.15, -0.1) is 0 Å². The first-order valence-electron chi connectivity index (χ1n) is 11.1. The lowest BCUT2D eigenvalue weighted by Gasteiger charge is -2.26. The number of hydrogen-bond acceptors (Lipinski definition) is 7. The minimum Gasteiger partial charge on any atom is -0.492 e. The lowest BCUT2D eigenvalue weighted by Crippen LogP contribution is -2.40. The first-order chi connectivity index (χ1) is 16.9. The van der Waals surface area contributed by atoms with Crippen LogP contribution in [-0.2, 0) is 9.53 Å². The second-order valence-electron chi connectivity index (χ2n) is 7.79. The molecule has 0 saturated carbocycles. The van der Waals surface area contributed by atoms with Crippen molar-refractivity contribution in [3.05, 3.63) is 56.9 Å². The molecular formula is C25H26BrN3O5S. The molecule has 8 nitrogen and oxygen atoms in total. The topological polar surface area (TPSA) is 80.7 Å². The number of carbonyl (C=O) groups excluding carboxylic acids is 2. The highest BCUT2D eigenvalue weighted by Gasteiger charge is 2.30. The van der Waals surface area contributed by atoms with Gasteiger partial charge in [0.2, 0.25) is 0 Å². The lowest BCUT2D eigenvalue weighted by molar-refractivity contribution is -0.121. The van der Waals surface area contributed by atoms with Gasteiger partial charge in [-0.2, -0.15) is 0 Å². The van der Waals surface area contributed by atoms with E-state index in [-0.39, 0.29) is 11.8 Å². The second-order valence-corrected chi connectivity index (χ2v) is 9.65. The molecule has 0 bridgehead atoms. The minimum atomic E-state index is -0.154. The maximum Gasteiger partial charge on any atom is 0.266 e. The van der Waals surface area contributed by atoms with Gasteiger partial charge in [0.25, 0.3) is 11.8 Å². The van der Waals surface area contributed by atoms with E-state index in [2.05, 4.69) is 20.9 Å². The van der Waals surface area contributed by atoms with Crippen LogP contribution in [0.4, 0.5) is 5.69 Å². The van der Waals surface area contributed by atoms with Crippen molar-refractivity contribution < 1.29 is 23.8 Å². The van der Waals surface area contributed by atoms with E-state index >= 15 is 0 Å². The van der Waals surface area contributed by atoms with Crippen LogP contribution in [0.1, 0.15) is 22.8 Å². The molecule has 0 atom stereocenters. The molecule has 2 heterocycles. The average Bonchev–Trinajstić information content (AvgIpc) is 3.12. The highest BCUT2D eigenvalue weighted by Crippen LogP contribution is 2.39. The highest BCUT2D eigenvalue weighted by molar-refractivity contribution is 9.10. The predicted molar refractivity (Wildman–Crippen MR) is 140 cm³/mol. The van der Waals surface area contributed by atoms with Crippen LogP contribution >= 0.6 is 27.7 Å². The van der Waals surface area contributed by atoms with Crippen molar-refractivity contribution in [2.75, 3.05) is 47.1 Å². The number of amidine groups is 1. The number of aliphatic imine (C=N–C) groups is 1. The third-order valence-corrected chi connectivity index (χ3v) is 7.10. The molecule has 2 amide bonds. The number of hydrogen-bond donors (Lipinski definition) is 0. The molecule has 2 saturated heterocycles. The zero-order chi connectivity index (χ0) is 24.9. The molecular weight excluding hydrogens is 534 g/mol. The largest absolute Gasteiger partial charge is 0.492 e. The molecule has 2 fully saturated rings. The molecule has 0 N–H and O–H groups in total. The Morgan fingerprint density at radius 2 is 2.03 bits per heavy atom. The Labute approximate surface area is 217 Å². The van der Waals surface area contributed by atoms with E-state index in [1.165, 1.54) is 16.7 Å². The summed E-state index contributed by atoms with van der Waals surface area (Å²) in [4.78, 5) is 34.2. The van der Waals surface area contributed by atoms with Gasteiger partial charge in [0, 0.05) is 25.7 Å². The molecule has 0 aliphatic carbocycles. The molecule has 4 rings (SSSR count). The zero-order valence-corrected chi connectivity index (χ0v) is 22.1. The van der Waals surface area contributed by atoms with E-state index in [9.17, 15) is 9.59 Å². The van der Waals surface area contributed by atoms with Crippen molar-refractivity contribution in [1.82, 2.24) is 9.80 Å². The quantitative estimate of drug-likeness (QED) is 0.482. The molecule has 0 unspecified atom stereocenters. The van der Waals surface area contributed by atoms with E-state index < -0.39 is 0 Å². The normalized spacial score (nSPS) is 18.5. The van der Waals surface area contributed by atoms with Crippen molar-refractivity contribution >= 4 is 56.4 Å². The number of rotatable bonds is 6. The van der Waals surface area contributed by atoms with E-state index in [1.807, 2.05) is 25.1 Å². The molecule has 184 valence electrons. The van der Waals surface area contributed by atoms with Crippen LogP contribution in [0, 0.1) is 0 Å². The number of methoxy groups -OCH3 is 1. The second kappa shape index (κ2) is 11.3. The summed E-state index contributed by atoms with van der Waals surface area (Å²) < 4.78 is 17.2. The van der Waals surface area contributed by atoms with Gasteiger partial charge in [-0.3, -0.25) is 14.5 Å². The average molecular weight is 560 g/mol. The molecule has 0 radical (unpaired) electrons. The van der Waals surface area contributed by atoms with Gasteiger partial charge in [-0.05, 0) is 76.6 Å². The van der Waals surface area contributed by atoms with Crippen LogP contribution in [0.5, 0.6) is 11.5 Å². The summed E-state index contributed by atoms with van der Waals surface area (Å²) in [6.07, 6.45) is 1.80. The molecule has 2 aromatic rings. The van der Waals surface area contributed by atoms with Gasteiger partial charge in [0.1, 0.15) is 0 Å². The SMILES string of the molecule is CCOc1cc(/C=C2/SC(=Nc3cccc(C(=O)N4CCOCC4)c3)N(C)C2=O)cc(Br)c1OC. The van der Waals surface area contributed by atoms with Gasteiger partial charge in [0.15, 0.2) is 16.7 Å². The van der Waals surface area contributed by atoms with Gasteiger partial charge < -0.3 is 19.1 Å².